The minimum absolute atomic E-state index is 0.206. The van der Waals surface area contributed by atoms with E-state index in [2.05, 4.69) is 31.8 Å². The highest BCUT2D eigenvalue weighted by Crippen LogP contribution is 2.24. The Morgan fingerprint density at radius 2 is 1.50 bits per heavy atom. The number of likely N-dealkylation sites (tertiary alicyclic amines) is 2. The summed E-state index contributed by atoms with van der Waals surface area (Å²) in [6.07, 6.45) is 4.93. The van der Waals surface area contributed by atoms with Crippen LogP contribution in [-0.4, -0.2) is 89.9 Å². The van der Waals surface area contributed by atoms with Crippen LogP contribution in [0.2, 0.25) is 10.0 Å². The van der Waals surface area contributed by atoms with Crippen molar-refractivity contribution in [3.63, 3.8) is 0 Å². The summed E-state index contributed by atoms with van der Waals surface area (Å²) in [5.41, 5.74) is 0.827. The molecule has 5 rings (SSSR count). The predicted octanol–water partition coefficient (Wildman–Crippen LogP) is 5.46. The van der Waals surface area contributed by atoms with Crippen molar-refractivity contribution in [3.05, 3.63) is 70.2 Å². The van der Waals surface area contributed by atoms with Crippen molar-refractivity contribution < 1.29 is 4.79 Å². The number of hydrogen-bond donors (Lipinski definition) is 1. The Morgan fingerprint density at radius 3 is 2.14 bits per heavy atom. The standard InChI is InChI=1S/C22H34N4OS.C6H4Cl2/c27-22(20-8-2-1-3-9-20)25-11-5-7-19(16-25)6-4-10-23-17-21(18-23)24-12-14-26(28)15-13-24;7-5-3-1-2-4-6(5)8/h1-3,8-9,19,21,28H,4-7,10-18H2;1-4H. The van der Waals surface area contributed by atoms with Crippen LogP contribution in [0.15, 0.2) is 54.6 Å². The third-order valence-electron chi connectivity index (χ3n) is 7.48. The highest BCUT2D eigenvalue weighted by Gasteiger charge is 2.33. The van der Waals surface area contributed by atoms with Crippen LogP contribution in [0.1, 0.15) is 36.0 Å². The van der Waals surface area contributed by atoms with E-state index in [1.807, 2.05) is 42.5 Å². The predicted molar refractivity (Wildman–Crippen MR) is 153 cm³/mol. The molecule has 0 bridgehead atoms. The summed E-state index contributed by atoms with van der Waals surface area (Å²) in [5.74, 6) is 0.874. The summed E-state index contributed by atoms with van der Waals surface area (Å²) in [4.78, 5) is 20.0. The zero-order chi connectivity index (χ0) is 25.3. The second-order valence-electron chi connectivity index (χ2n) is 10.1. The van der Waals surface area contributed by atoms with E-state index in [-0.39, 0.29) is 5.91 Å². The van der Waals surface area contributed by atoms with Crippen LogP contribution < -0.4 is 0 Å². The summed E-state index contributed by atoms with van der Waals surface area (Å²) in [5, 5.41) is 1.21. The van der Waals surface area contributed by atoms with Crippen LogP contribution in [0.3, 0.4) is 0 Å². The van der Waals surface area contributed by atoms with Gasteiger partial charge in [0.2, 0.25) is 0 Å². The number of carbonyl (C=O) groups is 1. The Bertz CT molecular complexity index is 931. The van der Waals surface area contributed by atoms with E-state index >= 15 is 0 Å². The van der Waals surface area contributed by atoms with Crippen molar-refractivity contribution in [1.29, 1.82) is 0 Å². The number of rotatable bonds is 6. The van der Waals surface area contributed by atoms with Gasteiger partial charge < -0.3 is 9.80 Å². The minimum atomic E-state index is 0.206. The second-order valence-corrected chi connectivity index (χ2v) is 11.5. The topological polar surface area (TPSA) is 30.0 Å². The summed E-state index contributed by atoms with van der Waals surface area (Å²) < 4.78 is 2.13. The molecule has 0 aliphatic carbocycles. The van der Waals surface area contributed by atoms with Gasteiger partial charge >= 0.3 is 0 Å². The highest BCUT2D eigenvalue weighted by molar-refractivity contribution is 7.77. The Hall–Kier alpha value is -1.28. The first-order valence-electron chi connectivity index (χ1n) is 13.1. The number of hydrogen-bond acceptors (Lipinski definition) is 5. The van der Waals surface area contributed by atoms with Crippen molar-refractivity contribution in [1.82, 2.24) is 19.0 Å². The third kappa shape index (κ3) is 8.11. The molecule has 3 aliphatic heterocycles. The smallest absolute Gasteiger partial charge is 0.253 e. The molecule has 2 aromatic rings. The third-order valence-corrected chi connectivity index (χ3v) is 8.64. The molecule has 5 nitrogen and oxygen atoms in total. The van der Waals surface area contributed by atoms with E-state index < -0.39 is 0 Å². The number of benzene rings is 2. The minimum Gasteiger partial charge on any atom is -0.338 e. The highest BCUT2D eigenvalue weighted by atomic mass is 35.5. The van der Waals surface area contributed by atoms with Gasteiger partial charge in [-0.15, -0.1) is 0 Å². The second kappa shape index (κ2) is 14.0. The molecule has 1 atom stereocenters. The van der Waals surface area contributed by atoms with Crippen LogP contribution in [-0.2, 0) is 0 Å². The van der Waals surface area contributed by atoms with Crippen LogP contribution in [0.5, 0.6) is 0 Å². The molecule has 3 fully saturated rings. The van der Waals surface area contributed by atoms with Gasteiger partial charge in [-0.1, -0.05) is 66.3 Å². The zero-order valence-electron chi connectivity index (χ0n) is 20.9. The fourth-order valence-corrected chi connectivity index (χ4v) is 5.77. The Balaban J connectivity index is 0.000000325. The first-order chi connectivity index (χ1) is 17.5. The van der Waals surface area contributed by atoms with Gasteiger partial charge in [0.25, 0.3) is 5.91 Å². The molecule has 36 heavy (non-hydrogen) atoms. The van der Waals surface area contributed by atoms with E-state index in [1.165, 1.54) is 38.9 Å². The fourth-order valence-electron chi connectivity index (χ4n) is 5.32. The maximum atomic E-state index is 12.7. The number of nitrogens with zero attached hydrogens (tertiary/aromatic N) is 4. The quantitative estimate of drug-likeness (QED) is 0.485. The van der Waals surface area contributed by atoms with Crippen LogP contribution >= 0.6 is 36.0 Å². The maximum absolute atomic E-state index is 12.7. The molecular formula is C28H38Cl2N4OS. The Morgan fingerprint density at radius 1 is 0.861 bits per heavy atom. The molecule has 196 valence electrons. The lowest BCUT2D eigenvalue weighted by Gasteiger charge is -2.47. The Labute approximate surface area is 231 Å². The van der Waals surface area contributed by atoms with Gasteiger partial charge in [-0.25, -0.2) is 0 Å². The Kier molecular flexibility index (Phi) is 10.8. The van der Waals surface area contributed by atoms with Gasteiger partial charge in [-0.2, -0.15) is 0 Å². The SMILES string of the molecule is Clc1ccccc1Cl.O=C(c1ccccc1)N1CCCC(CCCN2CC(N3CCN(S)CC3)C2)C1. The van der Waals surface area contributed by atoms with Crippen molar-refractivity contribution in [2.45, 2.75) is 31.7 Å². The average molecular weight is 550 g/mol. The first-order valence-corrected chi connectivity index (χ1v) is 14.3. The first kappa shape index (κ1) is 27.7. The van der Waals surface area contributed by atoms with Gasteiger partial charge in [0.1, 0.15) is 0 Å². The summed E-state index contributed by atoms with van der Waals surface area (Å²) >= 11 is 15.6. The van der Waals surface area contributed by atoms with Crippen LogP contribution in [0.4, 0.5) is 0 Å². The molecule has 2 aromatic carbocycles. The molecule has 1 amide bonds. The number of piperidine rings is 1. The molecule has 1 unspecified atom stereocenters. The molecule has 0 spiro atoms. The summed E-state index contributed by atoms with van der Waals surface area (Å²) in [6.45, 7) is 10.0. The van der Waals surface area contributed by atoms with Gasteiger partial charge in [-0.3, -0.25) is 14.0 Å². The van der Waals surface area contributed by atoms with E-state index in [0.29, 0.717) is 16.0 Å². The van der Waals surface area contributed by atoms with Gasteiger partial charge in [0.15, 0.2) is 0 Å². The van der Waals surface area contributed by atoms with Gasteiger partial charge in [0, 0.05) is 64.0 Å². The lowest BCUT2D eigenvalue weighted by atomic mass is 9.92. The summed E-state index contributed by atoms with van der Waals surface area (Å²) in [6, 6.07) is 17.7. The molecule has 0 radical (unpaired) electrons. The largest absolute Gasteiger partial charge is 0.338 e. The van der Waals surface area contributed by atoms with Crippen LogP contribution in [0.25, 0.3) is 0 Å². The molecule has 3 heterocycles. The molecule has 0 aromatic heterocycles. The fraction of sp³-hybridized carbons (Fsp3) is 0.536. The zero-order valence-corrected chi connectivity index (χ0v) is 23.3. The average Bonchev–Trinajstić information content (AvgIpc) is 2.88. The normalized spacial score (nSPS) is 22.0. The molecule has 0 saturated carbocycles. The van der Waals surface area contributed by atoms with Gasteiger partial charge in [-0.05, 0) is 62.4 Å². The summed E-state index contributed by atoms with van der Waals surface area (Å²) in [7, 11) is 0. The van der Waals surface area contributed by atoms with Gasteiger partial charge in [0.05, 0.1) is 10.0 Å². The van der Waals surface area contributed by atoms with Crippen molar-refractivity contribution >= 4 is 41.9 Å². The van der Waals surface area contributed by atoms with E-state index in [4.69, 9.17) is 23.2 Å². The maximum Gasteiger partial charge on any atom is 0.253 e. The number of piperazine rings is 1. The van der Waals surface area contributed by atoms with Crippen LogP contribution in [0, 0.1) is 5.92 Å². The number of thiol groups is 1. The monoisotopic (exact) mass is 548 g/mol. The van der Waals surface area contributed by atoms with E-state index in [1.54, 1.807) is 12.1 Å². The number of amides is 1. The molecular weight excluding hydrogens is 511 g/mol. The van der Waals surface area contributed by atoms with Crippen molar-refractivity contribution in [2.75, 3.05) is 58.9 Å². The van der Waals surface area contributed by atoms with E-state index in [0.717, 1.165) is 57.3 Å². The van der Waals surface area contributed by atoms with Crippen molar-refractivity contribution in [2.24, 2.45) is 5.92 Å². The lowest BCUT2D eigenvalue weighted by molar-refractivity contribution is 0.0167. The molecule has 3 saturated heterocycles. The molecule has 3 aliphatic rings. The molecule has 8 heteroatoms. The lowest BCUT2D eigenvalue weighted by Crippen LogP contribution is -2.62. The molecule has 0 N–H and O–H groups in total. The number of carbonyl (C=O) groups excluding carboxylic acids is 1. The van der Waals surface area contributed by atoms with Crippen molar-refractivity contribution in [3.8, 4) is 0 Å². The number of halogens is 2. The van der Waals surface area contributed by atoms with E-state index in [9.17, 15) is 4.79 Å².